The minimum absolute atomic E-state index is 0.136. The quantitative estimate of drug-likeness (QED) is 0.541. The number of thiophene rings is 1. The lowest BCUT2D eigenvalue weighted by Crippen LogP contribution is -2.49. The molecule has 4 rings (SSSR count). The molecule has 0 bridgehead atoms. The Morgan fingerprint density at radius 2 is 1.97 bits per heavy atom. The lowest BCUT2D eigenvalue weighted by Gasteiger charge is -2.32. The van der Waals surface area contributed by atoms with Crippen molar-refractivity contribution in [3.8, 4) is 0 Å². The van der Waals surface area contributed by atoms with Crippen molar-refractivity contribution in [2.24, 2.45) is 0 Å². The topological polar surface area (TPSA) is 117 Å². The zero-order valence-electron chi connectivity index (χ0n) is 17.4. The Morgan fingerprint density at radius 1 is 1.19 bits per heavy atom. The second-order valence-corrected chi connectivity index (χ2v) is 13.7. The first-order valence-electron chi connectivity index (χ1n) is 9.80. The second-order valence-electron chi connectivity index (χ2n) is 7.48. The average molecular weight is 515 g/mol. The SMILES string of the molecule is CN(C)S(=O)(=O)c1ccc2nc(NC(=O)C3CCCCN3S(=O)(=O)c3cccs3)sc2c1. The highest BCUT2D eigenvalue weighted by Gasteiger charge is 2.38. The standard InChI is InChI=1S/C19H22N4O5S4/c1-22(2)31(25,26)13-8-9-14-16(12-13)30-19(20-14)21-18(24)15-6-3-4-10-23(15)32(27,28)17-7-5-11-29-17/h5,7-9,11-12,15H,3-4,6,10H2,1-2H3,(H,20,21,24). The van der Waals surface area contributed by atoms with E-state index >= 15 is 0 Å². The molecule has 0 saturated carbocycles. The third kappa shape index (κ3) is 4.32. The lowest BCUT2D eigenvalue weighted by atomic mass is 10.0. The van der Waals surface area contributed by atoms with Crippen LogP contribution in [-0.2, 0) is 24.8 Å². The van der Waals surface area contributed by atoms with Gasteiger partial charge in [0.25, 0.3) is 10.0 Å². The van der Waals surface area contributed by atoms with Crippen molar-refractivity contribution >= 4 is 64.0 Å². The number of hydrogen-bond acceptors (Lipinski definition) is 8. The Kier molecular flexibility index (Phi) is 6.40. The third-order valence-electron chi connectivity index (χ3n) is 5.18. The maximum Gasteiger partial charge on any atom is 0.253 e. The van der Waals surface area contributed by atoms with Crippen molar-refractivity contribution in [3.05, 3.63) is 35.7 Å². The largest absolute Gasteiger partial charge is 0.301 e. The first-order valence-corrected chi connectivity index (χ1v) is 14.4. The van der Waals surface area contributed by atoms with Crippen molar-refractivity contribution < 1.29 is 21.6 Å². The van der Waals surface area contributed by atoms with E-state index < -0.39 is 32.0 Å². The number of nitrogens with zero attached hydrogens (tertiary/aromatic N) is 3. The van der Waals surface area contributed by atoms with E-state index in [4.69, 9.17) is 0 Å². The second kappa shape index (κ2) is 8.80. The number of piperidine rings is 1. The predicted molar refractivity (Wildman–Crippen MR) is 125 cm³/mol. The van der Waals surface area contributed by atoms with Crippen molar-refractivity contribution in [2.45, 2.75) is 34.4 Å². The zero-order chi connectivity index (χ0) is 23.1. The number of benzene rings is 1. The van der Waals surface area contributed by atoms with Crippen LogP contribution in [0.2, 0.25) is 0 Å². The summed E-state index contributed by atoms with van der Waals surface area (Å²) in [5, 5.41) is 4.72. The lowest BCUT2D eigenvalue weighted by molar-refractivity contribution is -0.120. The Balaban J connectivity index is 1.58. The van der Waals surface area contributed by atoms with E-state index in [-0.39, 0.29) is 15.6 Å². The van der Waals surface area contributed by atoms with Crippen molar-refractivity contribution in [1.29, 1.82) is 0 Å². The van der Waals surface area contributed by atoms with Gasteiger partial charge >= 0.3 is 0 Å². The van der Waals surface area contributed by atoms with Gasteiger partial charge in [0, 0.05) is 20.6 Å². The Labute approximate surface area is 194 Å². The fourth-order valence-corrected chi connectivity index (χ4v) is 8.19. The molecule has 13 heteroatoms. The molecule has 1 aromatic carbocycles. The van der Waals surface area contributed by atoms with Gasteiger partial charge < -0.3 is 5.32 Å². The molecule has 0 spiro atoms. The molecule has 172 valence electrons. The molecule has 1 aliphatic heterocycles. The Morgan fingerprint density at radius 3 is 2.66 bits per heavy atom. The summed E-state index contributed by atoms with van der Waals surface area (Å²) in [4.78, 5) is 17.5. The number of amides is 1. The van der Waals surface area contributed by atoms with E-state index in [0.717, 1.165) is 33.4 Å². The summed E-state index contributed by atoms with van der Waals surface area (Å²) in [5.41, 5.74) is 0.551. The fraction of sp³-hybridized carbons (Fsp3) is 0.368. The molecule has 1 aliphatic rings. The molecule has 1 amide bonds. The van der Waals surface area contributed by atoms with E-state index in [1.165, 1.54) is 36.6 Å². The van der Waals surface area contributed by atoms with E-state index in [9.17, 15) is 21.6 Å². The number of hydrogen-bond donors (Lipinski definition) is 1. The summed E-state index contributed by atoms with van der Waals surface area (Å²) < 4.78 is 54.0. The number of carbonyl (C=O) groups is 1. The molecule has 1 atom stereocenters. The molecule has 0 aliphatic carbocycles. The highest BCUT2D eigenvalue weighted by atomic mass is 32.2. The van der Waals surface area contributed by atoms with Crippen molar-refractivity contribution in [3.63, 3.8) is 0 Å². The molecule has 9 nitrogen and oxygen atoms in total. The molecular weight excluding hydrogens is 493 g/mol. The molecule has 32 heavy (non-hydrogen) atoms. The number of anilines is 1. The van der Waals surface area contributed by atoms with Gasteiger partial charge in [0.1, 0.15) is 10.3 Å². The summed E-state index contributed by atoms with van der Waals surface area (Å²) in [6.07, 6.45) is 1.87. The number of aromatic nitrogens is 1. The average Bonchev–Trinajstić information content (AvgIpc) is 3.43. The number of nitrogens with one attached hydrogen (secondary N) is 1. The van der Waals surface area contributed by atoms with Gasteiger partial charge in [-0.05, 0) is 42.5 Å². The molecule has 1 fully saturated rings. The number of thiazole rings is 1. The van der Waals surface area contributed by atoms with Gasteiger partial charge in [-0.1, -0.05) is 23.8 Å². The fourth-order valence-electron chi connectivity index (χ4n) is 3.50. The molecule has 3 heterocycles. The number of carbonyl (C=O) groups excluding carboxylic acids is 1. The van der Waals surface area contributed by atoms with Crippen molar-refractivity contribution in [2.75, 3.05) is 26.0 Å². The van der Waals surface area contributed by atoms with Gasteiger partial charge in [0.15, 0.2) is 5.13 Å². The van der Waals surface area contributed by atoms with Crippen LogP contribution in [0, 0.1) is 0 Å². The molecule has 1 unspecified atom stereocenters. The van der Waals surface area contributed by atoms with Gasteiger partial charge in [0.2, 0.25) is 15.9 Å². The predicted octanol–water partition coefficient (Wildman–Crippen LogP) is 2.79. The van der Waals surface area contributed by atoms with Gasteiger partial charge in [-0.2, -0.15) is 4.31 Å². The zero-order valence-corrected chi connectivity index (χ0v) is 20.7. The Hall–Kier alpha value is -1.90. The van der Waals surface area contributed by atoms with Gasteiger partial charge in [-0.25, -0.2) is 26.1 Å². The van der Waals surface area contributed by atoms with Crippen LogP contribution in [0.25, 0.3) is 10.2 Å². The van der Waals surface area contributed by atoms with Crippen LogP contribution < -0.4 is 5.32 Å². The van der Waals surface area contributed by atoms with E-state index in [0.29, 0.717) is 28.2 Å². The van der Waals surface area contributed by atoms with Crippen LogP contribution in [0.1, 0.15) is 19.3 Å². The summed E-state index contributed by atoms with van der Waals surface area (Å²) >= 11 is 2.27. The van der Waals surface area contributed by atoms with Gasteiger partial charge in [0.05, 0.1) is 15.1 Å². The van der Waals surface area contributed by atoms with Crippen molar-refractivity contribution in [1.82, 2.24) is 13.6 Å². The third-order valence-corrected chi connectivity index (χ3v) is 11.2. The highest BCUT2D eigenvalue weighted by molar-refractivity contribution is 7.91. The smallest absolute Gasteiger partial charge is 0.253 e. The first-order chi connectivity index (χ1) is 15.1. The number of rotatable bonds is 6. The van der Waals surface area contributed by atoms with Crippen LogP contribution in [0.15, 0.2) is 44.8 Å². The van der Waals surface area contributed by atoms with E-state index in [1.807, 2.05) is 0 Å². The monoisotopic (exact) mass is 514 g/mol. The van der Waals surface area contributed by atoms with Crippen LogP contribution in [0.3, 0.4) is 0 Å². The first kappa shape index (κ1) is 23.3. The number of sulfonamides is 2. The Bertz CT molecular complexity index is 1350. The maximum absolute atomic E-state index is 13.0. The van der Waals surface area contributed by atoms with Gasteiger partial charge in [-0.15, -0.1) is 11.3 Å². The minimum Gasteiger partial charge on any atom is -0.301 e. The van der Waals surface area contributed by atoms with Crippen LogP contribution >= 0.6 is 22.7 Å². The van der Waals surface area contributed by atoms with Gasteiger partial charge in [-0.3, -0.25) is 4.79 Å². The maximum atomic E-state index is 13.0. The summed E-state index contributed by atoms with van der Waals surface area (Å²) in [6, 6.07) is 6.96. The minimum atomic E-state index is -3.76. The summed E-state index contributed by atoms with van der Waals surface area (Å²) in [5.74, 6) is -0.440. The molecular formula is C19H22N4O5S4. The van der Waals surface area contributed by atoms with E-state index in [1.54, 1.807) is 17.5 Å². The van der Waals surface area contributed by atoms with Crippen LogP contribution in [0.4, 0.5) is 5.13 Å². The molecule has 2 aromatic heterocycles. The molecule has 1 saturated heterocycles. The van der Waals surface area contributed by atoms with Crippen LogP contribution in [-0.4, -0.2) is 63.0 Å². The van der Waals surface area contributed by atoms with Crippen LogP contribution in [0.5, 0.6) is 0 Å². The molecule has 3 aromatic rings. The summed E-state index contributed by atoms with van der Waals surface area (Å²) in [6.45, 7) is 0.282. The molecule has 1 N–H and O–H groups in total. The van der Waals surface area contributed by atoms with E-state index in [2.05, 4.69) is 10.3 Å². The normalized spacial score (nSPS) is 18.3. The highest BCUT2D eigenvalue weighted by Crippen LogP contribution is 2.31. The number of fused-ring (bicyclic) bond motifs is 1. The summed E-state index contributed by atoms with van der Waals surface area (Å²) in [7, 11) is -4.44. The molecule has 0 radical (unpaired) electrons.